The van der Waals surface area contributed by atoms with Crippen molar-refractivity contribution < 1.29 is 19.5 Å². The molecule has 0 spiro atoms. The molecule has 0 atom stereocenters. The van der Waals surface area contributed by atoms with Crippen molar-refractivity contribution in [2.45, 2.75) is 13.0 Å². The van der Waals surface area contributed by atoms with E-state index in [0.717, 1.165) is 6.29 Å². The molecule has 1 heterocycles. The number of nitrogens with one attached hydrogen (secondary N) is 1. The lowest BCUT2D eigenvalue weighted by Gasteiger charge is -2.09. The number of nitrogens with zero attached hydrogens (tertiary/aromatic N) is 1. The summed E-state index contributed by atoms with van der Waals surface area (Å²) in [6.07, 6.45) is 2.57. The van der Waals surface area contributed by atoms with E-state index in [9.17, 15) is 14.4 Å². The molecule has 0 fully saturated rings. The third-order valence-electron chi connectivity index (χ3n) is 3.00. The zero-order valence-electron chi connectivity index (χ0n) is 11.2. The fourth-order valence-corrected chi connectivity index (χ4v) is 1.95. The van der Waals surface area contributed by atoms with Gasteiger partial charge in [-0.2, -0.15) is 0 Å². The number of aryl methyl sites for hydroxylation is 1. The van der Waals surface area contributed by atoms with Crippen molar-refractivity contribution in [1.29, 1.82) is 0 Å². The Morgan fingerprint density at radius 1 is 1.19 bits per heavy atom. The zero-order valence-corrected chi connectivity index (χ0v) is 11.2. The average molecular weight is 286 g/mol. The number of aromatic nitrogens is 1. The summed E-state index contributed by atoms with van der Waals surface area (Å²) >= 11 is 0. The van der Waals surface area contributed by atoms with E-state index in [1.54, 1.807) is 35.0 Å². The summed E-state index contributed by atoms with van der Waals surface area (Å²) in [6, 6.07) is 9.59. The van der Waals surface area contributed by atoms with E-state index >= 15 is 0 Å². The fourth-order valence-electron chi connectivity index (χ4n) is 1.95. The van der Waals surface area contributed by atoms with Crippen LogP contribution in [-0.2, 0) is 11.3 Å². The van der Waals surface area contributed by atoms with Crippen LogP contribution in [0.5, 0.6) is 0 Å². The predicted octanol–water partition coefficient (Wildman–Crippen LogP) is 2.03. The molecular weight excluding hydrogens is 272 g/mol. The van der Waals surface area contributed by atoms with Gasteiger partial charge in [-0.25, -0.2) is 4.79 Å². The van der Waals surface area contributed by atoms with Crippen molar-refractivity contribution >= 4 is 23.9 Å². The summed E-state index contributed by atoms with van der Waals surface area (Å²) < 4.78 is 1.66. The van der Waals surface area contributed by atoms with Crippen LogP contribution >= 0.6 is 0 Å². The first-order valence-electron chi connectivity index (χ1n) is 6.34. The summed E-state index contributed by atoms with van der Waals surface area (Å²) in [5.74, 6) is -1.41. The smallest absolute Gasteiger partial charge is 0.337 e. The lowest BCUT2D eigenvalue weighted by molar-refractivity contribution is -0.116. The van der Waals surface area contributed by atoms with Crippen LogP contribution in [-0.4, -0.2) is 27.8 Å². The highest BCUT2D eigenvalue weighted by Crippen LogP contribution is 2.15. The van der Waals surface area contributed by atoms with Gasteiger partial charge < -0.3 is 15.0 Å². The maximum absolute atomic E-state index is 11.9. The maximum Gasteiger partial charge on any atom is 0.337 e. The molecule has 108 valence electrons. The topological polar surface area (TPSA) is 88.4 Å². The Balaban J connectivity index is 1.99. The van der Waals surface area contributed by atoms with E-state index in [2.05, 4.69) is 5.32 Å². The molecule has 1 aromatic carbocycles. The molecule has 1 aromatic heterocycles. The molecule has 1 amide bonds. The molecule has 6 heteroatoms. The minimum Gasteiger partial charge on any atom is -0.478 e. The minimum atomic E-state index is -1.10. The number of aldehydes is 1. The van der Waals surface area contributed by atoms with Crippen molar-refractivity contribution in [1.82, 2.24) is 4.57 Å². The number of carbonyl (C=O) groups is 3. The van der Waals surface area contributed by atoms with Crippen molar-refractivity contribution in [3.05, 3.63) is 53.9 Å². The van der Waals surface area contributed by atoms with Gasteiger partial charge in [0.2, 0.25) is 5.91 Å². The lowest BCUT2D eigenvalue weighted by atomic mass is 10.2. The number of aromatic carboxylic acids is 1. The Morgan fingerprint density at radius 2 is 1.95 bits per heavy atom. The van der Waals surface area contributed by atoms with Crippen molar-refractivity contribution in [2.24, 2.45) is 0 Å². The molecule has 0 radical (unpaired) electrons. The van der Waals surface area contributed by atoms with Gasteiger partial charge >= 0.3 is 5.97 Å². The van der Waals surface area contributed by atoms with E-state index in [1.165, 1.54) is 12.1 Å². The highest BCUT2D eigenvalue weighted by Gasteiger charge is 2.11. The van der Waals surface area contributed by atoms with Gasteiger partial charge in [-0.05, 0) is 24.3 Å². The molecular formula is C15H14N2O4. The molecule has 0 bridgehead atoms. The number of benzene rings is 1. The van der Waals surface area contributed by atoms with Crippen molar-refractivity contribution in [2.75, 3.05) is 5.32 Å². The molecule has 2 N–H and O–H groups in total. The summed E-state index contributed by atoms with van der Waals surface area (Å²) in [5.41, 5.74) is 0.798. The standard InChI is InChI=1S/C15H14N2O4/c18-10-11-4-3-8-17(11)9-7-14(19)16-13-6-2-1-5-12(13)15(20)21/h1-6,8,10H,7,9H2,(H,16,19)(H,20,21). The molecule has 0 saturated heterocycles. The Morgan fingerprint density at radius 3 is 2.67 bits per heavy atom. The largest absolute Gasteiger partial charge is 0.478 e. The second kappa shape index (κ2) is 6.51. The molecule has 0 saturated carbocycles. The summed E-state index contributed by atoms with van der Waals surface area (Å²) in [4.78, 5) is 33.7. The first-order valence-corrected chi connectivity index (χ1v) is 6.34. The Kier molecular flexibility index (Phi) is 4.50. The van der Waals surface area contributed by atoms with Crippen LogP contribution in [0.25, 0.3) is 0 Å². The number of carbonyl (C=O) groups excluding carboxylic acids is 2. The Hall–Kier alpha value is -2.89. The zero-order chi connectivity index (χ0) is 15.2. The van der Waals surface area contributed by atoms with Crippen LogP contribution in [0.2, 0.25) is 0 Å². The number of carboxylic acid groups (broad SMARTS) is 1. The second-order valence-corrected chi connectivity index (χ2v) is 4.39. The van der Waals surface area contributed by atoms with Gasteiger partial charge in [-0.1, -0.05) is 12.1 Å². The van der Waals surface area contributed by atoms with Crippen molar-refractivity contribution in [3.63, 3.8) is 0 Å². The van der Waals surface area contributed by atoms with Crippen molar-refractivity contribution in [3.8, 4) is 0 Å². The van der Waals surface area contributed by atoms with E-state index in [-0.39, 0.29) is 23.6 Å². The van der Waals surface area contributed by atoms with Crippen LogP contribution in [0.4, 0.5) is 5.69 Å². The molecule has 21 heavy (non-hydrogen) atoms. The maximum atomic E-state index is 11.9. The van der Waals surface area contributed by atoms with E-state index in [1.807, 2.05) is 0 Å². The number of rotatable bonds is 6. The summed E-state index contributed by atoms with van der Waals surface area (Å²) in [6.45, 7) is 0.349. The van der Waals surface area contributed by atoms with Crippen LogP contribution in [0.3, 0.4) is 0 Å². The van der Waals surface area contributed by atoms with Crippen LogP contribution in [0.15, 0.2) is 42.6 Å². The first-order chi connectivity index (χ1) is 10.1. The van der Waals surface area contributed by atoms with Crippen LogP contribution < -0.4 is 5.32 Å². The molecule has 2 aromatic rings. The fraction of sp³-hybridized carbons (Fsp3) is 0.133. The second-order valence-electron chi connectivity index (χ2n) is 4.39. The lowest BCUT2D eigenvalue weighted by Crippen LogP contribution is -2.17. The number of carboxylic acids is 1. The number of anilines is 1. The highest BCUT2D eigenvalue weighted by atomic mass is 16.4. The molecule has 0 aliphatic carbocycles. The SMILES string of the molecule is O=Cc1cccn1CCC(=O)Nc1ccccc1C(=O)O. The molecule has 0 aliphatic heterocycles. The molecule has 6 nitrogen and oxygen atoms in total. The van der Waals surface area contributed by atoms with Gasteiger partial charge in [0.25, 0.3) is 0 Å². The van der Waals surface area contributed by atoms with E-state index < -0.39 is 5.97 Å². The van der Waals surface area contributed by atoms with Gasteiger partial charge in [0.05, 0.1) is 16.9 Å². The van der Waals surface area contributed by atoms with Gasteiger partial charge in [0, 0.05) is 19.2 Å². The minimum absolute atomic E-state index is 0.0420. The van der Waals surface area contributed by atoms with Gasteiger partial charge in [0.15, 0.2) is 6.29 Å². The molecule has 0 aliphatic rings. The predicted molar refractivity (Wildman–Crippen MR) is 76.5 cm³/mol. The molecule has 2 rings (SSSR count). The number of amides is 1. The third-order valence-corrected chi connectivity index (χ3v) is 3.00. The number of para-hydroxylation sites is 1. The number of hydrogen-bond donors (Lipinski definition) is 2. The average Bonchev–Trinajstić information content (AvgIpc) is 2.93. The van der Waals surface area contributed by atoms with Crippen LogP contribution in [0.1, 0.15) is 27.3 Å². The first kappa shape index (κ1) is 14.5. The quantitative estimate of drug-likeness (QED) is 0.795. The van der Waals surface area contributed by atoms with E-state index in [0.29, 0.717) is 12.2 Å². The highest BCUT2D eigenvalue weighted by molar-refractivity contribution is 6.00. The molecule has 0 unspecified atom stereocenters. The summed E-state index contributed by atoms with van der Waals surface area (Å²) in [5, 5.41) is 11.6. The van der Waals surface area contributed by atoms with Gasteiger partial charge in [-0.15, -0.1) is 0 Å². The van der Waals surface area contributed by atoms with Gasteiger partial charge in [0.1, 0.15) is 0 Å². The summed E-state index contributed by atoms with van der Waals surface area (Å²) in [7, 11) is 0. The van der Waals surface area contributed by atoms with Crippen LogP contribution in [0, 0.1) is 0 Å². The normalized spacial score (nSPS) is 10.1. The Bertz CT molecular complexity index is 676. The number of hydrogen-bond acceptors (Lipinski definition) is 3. The monoisotopic (exact) mass is 286 g/mol. The third kappa shape index (κ3) is 3.56. The van der Waals surface area contributed by atoms with Gasteiger partial charge in [-0.3, -0.25) is 9.59 Å². The Labute approximate surface area is 121 Å². The van der Waals surface area contributed by atoms with E-state index in [4.69, 9.17) is 5.11 Å².